The van der Waals surface area contributed by atoms with Gasteiger partial charge in [-0.1, -0.05) is 19.4 Å². The summed E-state index contributed by atoms with van der Waals surface area (Å²) in [6, 6.07) is 0. The highest BCUT2D eigenvalue weighted by molar-refractivity contribution is 5.19. The first-order valence-electron chi connectivity index (χ1n) is 6.13. The normalized spacial score (nSPS) is 39.3. The molecule has 2 unspecified atom stereocenters. The van der Waals surface area contributed by atoms with Crippen LogP contribution >= 0.6 is 0 Å². The zero-order valence-electron chi connectivity index (χ0n) is 9.26. The highest BCUT2D eigenvalue weighted by Crippen LogP contribution is 2.41. The maximum absolute atomic E-state index is 10.5. The number of allylic oxidation sites excluding steroid dienone is 1. The van der Waals surface area contributed by atoms with Gasteiger partial charge in [-0.05, 0) is 56.4 Å². The Morgan fingerprint density at radius 3 is 2.93 bits per heavy atom. The molecule has 2 atom stereocenters. The molecule has 0 saturated heterocycles. The molecule has 0 aromatic carbocycles. The van der Waals surface area contributed by atoms with Crippen LogP contribution in [0.4, 0.5) is 0 Å². The summed E-state index contributed by atoms with van der Waals surface area (Å²) in [4.78, 5) is 0. The van der Waals surface area contributed by atoms with Crippen LogP contribution < -0.4 is 0 Å². The Bertz CT molecular complexity index is 231. The van der Waals surface area contributed by atoms with Gasteiger partial charge in [-0.2, -0.15) is 0 Å². The summed E-state index contributed by atoms with van der Waals surface area (Å²) in [7, 11) is 0. The van der Waals surface area contributed by atoms with Crippen molar-refractivity contribution in [2.24, 2.45) is 5.92 Å². The zero-order chi connectivity index (χ0) is 10.0. The maximum Gasteiger partial charge on any atom is 0.0859 e. The Balaban J connectivity index is 2.08. The third kappa shape index (κ3) is 2.03. The molecule has 2 aliphatic rings. The molecule has 1 saturated carbocycles. The van der Waals surface area contributed by atoms with Crippen molar-refractivity contribution in [2.75, 3.05) is 0 Å². The van der Waals surface area contributed by atoms with E-state index in [0.717, 1.165) is 19.3 Å². The Labute approximate surface area is 87.2 Å². The monoisotopic (exact) mass is 194 g/mol. The average Bonchev–Trinajstić information content (AvgIpc) is 2.45. The molecule has 1 heteroatoms. The minimum atomic E-state index is -0.413. The Morgan fingerprint density at radius 1 is 1.36 bits per heavy atom. The second-order valence-corrected chi connectivity index (χ2v) is 5.21. The van der Waals surface area contributed by atoms with Gasteiger partial charge in [0, 0.05) is 0 Å². The predicted octanol–water partition coefficient (Wildman–Crippen LogP) is 3.43. The van der Waals surface area contributed by atoms with Crippen molar-refractivity contribution >= 4 is 0 Å². The number of rotatable bonds is 1. The van der Waals surface area contributed by atoms with Crippen molar-refractivity contribution in [1.82, 2.24) is 0 Å². The molecule has 80 valence electrons. The Hall–Kier alpha value is -0.300. The average molecular weight is 194 g/mol. The molecule has 2 aliphatic carbocycles. The second kappa shape index (κ2) is 4.06. The van der Waals surface area contributed by atoms with Gasteiger partial charge in [0.1, 0.15) is 0 Å². The molecule has 14 heavy (non-hydrogen) atoms. The SMILES string of the molecule is CC1CCC(O)(C2=CCCCCC2)C1. The van der Waals surface area contributed by atoms with Crippen molar-refractivity contribution in [3.8, 4) is 0 Å². The van der Waals surface area contributed by atoms with Crippen LogP contribution in [0.15, 0.2) is 11.6 Å². The minimum absolute atomic E-state index is 0.413. The summed E-state index contributed by atoms with van der Waals surface area (Å²) in [5, 5.41) is 10.5. The molecule has 1 fully saturated rings. The summed E-state index contributed by atoms with van der Waals surface area (Å²) in [5.41, 5.74) is 0.948. The van der Waals surface area contributed by atoms with Crippen LogP contribution in [0.25, 0.3) is 0 Å². The van der Waals surface area contributed by atoms with Crippen LogP contribution in [-0.2, 0) is 0 Å². The summed E-state index contributed by atoms with van der Waals surface area (Å²) < 4.78 is 0. The van der Waals surface area contributed by atoms with E-state index < -0.39 is 5.60 Å². The number of hydrogen-bond acceptors (Lipinski definition) is 1. The third-order valence-electron chi connectivity index (χ3n) is 3.88. The van der Waals surface area contributed by atoms with Crippen molar-refractivity contribution in [3.63, 3.8) is 0 Å². The minimum Gasteiger partial charge on any atom is -0.386 e. The Morgan fingerprint density at radius 2 is 2.21 bits per heavy atom. The van der Waals surface area contributed by atoms with Gasteiger partial charge < -0.3 is 5.11 Å². The zero-order valence-corrected chi connectivity index (χ0v) is 9.26. The molecule has 0 aromatic rings. The highest BCUT2D eigenvalue weighted by atomic mass is 16.3. The predicted molar refractivity (Wildman–Crippen MR) is 59.1 cm³/mol. The van der Waals surface area contributed by atoms with Gasteiger partial charge in [0.25, 0.3) is 0 Å². The van der Waals surface area contributed by atoms with Crippen LogP contribution in [0, 0.1) is 5.92 Å². The van der Waals surface area contributed by atoms with Gasteiger partial charge in [0.2, 0.25) is 0 Å². The van der Waals surface area contributed by atoms with E-state index in [1.807, 2.05) is 0 Å². The first-order valence-corrected chi connectivity index (χ1v) is 6.13. The number of aliphatic hydroxyl groups is 1. The van der Waals surface area contributed by atoms with Gasteiger partial charge in [0.05, 0.1) is 5.60 Å². The molecule has 1 nitrogen and oxygen atoms in total. The van der Waals surface area contributed by atoms with Gasteiger partial charge in [-0.25, -0.2) is 0 Å². The van der Waals surface area contributed by atoms with E-state index in [2.05, 4.69) is 13.0 Å². The largest absolute Gasteiger partial charge is 0.386 e. The van der Waals surface area contributed by atoms with E-state index in [1.54, 1.807) is 0 Å². The van der Waals surface area contributed by atoms with Crippen LogP contribution in [0.5, 0.6) is 0 Å². The molecule has 0 aromatic heterocycles. The molecule has 0 aliphatic heterocycles. The first kappa shape index (κ1) is 10.2. The second-order valence-electron chi connectivity index (χ2n) is 5.21. The van der Waals surface area contributed by atoms with E-state index in [9.17, 15) is 5.11 Å². The summed E-state index contributed by atoms with van der Waals surface area (Å²) in [6.45, 7) is 2.26. The van der Waals surface area contributed by atoms with Crippen molar-refractivity contribution in [1.29, 1.82) is 0 Å². The van der Waals surface area contributed by atoms with Crippen molar-refractivity contribution in [2.45, 2.75) is 63.9 Å². The van der Waals surface area contributed by atoms with Gasteiger partial charge in [0.15, 0.2) is 0 Å². The molecular formula is C13H22O. The quantitative estimate of drug-likeness (QED) is 0.634. The molecule has 0 amide bonds. The molecule has 0 radical (unpaired) electrons. The van der Waals surface area contributed by atoms with Gasteiger partial charge in [-0.15, -0.1) is 0 Å². The van der Waals surface area contributed by atoms with E-state index in [0.29, 0.717) is 5.92 Å². The summed E-state index contributed by atoms with van der Waals surface area (Å²) >= 11 is 0. The van der Waals surface area contributed by atoms with E-state index in [1.165, 1.54) is 37.7 Å². The van der Waals surface area contributed by atoms with Gasteiger partial charge >= 0.3 is 0 Å². The lowest BCUT2D eigenvalue weighted by Gasteiger charge is -2.26. The third-order valence-corrected chi connectivity index (χ3v) is 3.88. The molecule has 0 spiro atoms. The first-order chi connectivity index (χ1) is 6.71. The maximum atomic E-state index is 10.5. The van der Waals surface area contributed by atoms with Gasteiger partial charge in [-0.3, -0.25) is 0 Å². The molecule has 0 bridgehead atoms. The summed E-state index contributed by atoms with van der Waals surface area (Å²) in [5.74, 6) is 0.712. The molecule has 1 N–H and O–H groups in total. The van der Waals surface area contributed by atoms with Crippen LogP contribution in [-0.4, -0.2) is 10.7 Å². The fourth-order valence-electron chi connectivity index (χ4n) is 3.00. The highest BCUT2D eigenvalue weighted by Gasteiger charge is 2.38. The lowest BCUT2D eigenvalue weighted by atomic mass is 9.88. The standard InChI is InChI=1S/C13H22O/c1-11-8-9-13(14,10-11)12-6-4-2-3-5-7-12/h6,11,14H,2-5,7-10H2,1H3. The Kier molecular flexibility index (Phi) is 2.96. The molecular weight excluding hydrogens is 172 g/mol. The van der Waals surface area contributed by atoms with E-state index in [4.69, 9.17) is 0 Å². The van der Waals surface area contributed by atoms with Crippen molar-refractivity contribution < 1.29 is 5.11 Å². The van der Waals surface area contributed by atoms with E-state index in [-0.39, 0.29) is 0 Å². The topological polar surface area (TPSA) is 20.2 Å². The van der Waals surface area contributed by atoms with Crippen molar-refractivity contribution in [3.05, 3.63) is 11.6 Å². The number of hydrogen-bond donors (Lipinski definition) is 1. The van der Waals surface area contributed by atoms with E-state index >= 15 is 0 Å². The molecule has 2 rings (SSSR count). The van der Waals surface area contributed by atoms with Crippen LogP contribution in [0.3, 0.4) is 0 Å². The smallest absolute Gasteiger partial charge is 0.0859 e. The lowest BCUT2D eigenvalue weighted by Crippen LogP contribution is -2.27. The lowest BCUT2D eigenvalue weighted by molar-refractivity contribution is 0.0785. The fraction of sp³-hybridized carbons (Fsp3) is 0.846. The fourth-order valence-corrected chi connectivity index (χ4v) is 3.00. The van der Waals surface area contributed by atoms with Crippen LogP contribution in [0.2, 0.25) is 0 Å². The molecule has 0 heterocycles. The van der Waals surface area contributed by atoms with Crippen LogP contribution in [0.1, 0.15) is 58.3 Å². The summed E-state index contributed by atoms with van der Waals surface area (Å²) in [6.07, 6.45) is 11.8.